The Balaban J connectivity index is 1.52. The average Bonchev–Trinajstić information content (AvgIpc) is 3.86. The van der Waals surface area contributed by atoms with Gasteiger partial charge in [0.05, 0.1) is 12.5 Å². The zero-order valence-electron chi connectivity index (χ0n) is 26.8. The normalized spacial score (nSPS) is 11.9. The Morgan fingerprint density at radius 3 is 1.65 bits per heavy atom. The number of nitrogens with one attached hydrogen (secondary N) is 1. The molecule has 0 atom stereocenters. The van der Waals surface area contributed by atoms with Crippen LogP contribution in [0.5, 0.6) is 17.2 Å². The highest BCUT2D eigenvalue weighted by Gasteiger charge is 2.27. The van der Waals surface area contributed by atoms with Crippen LogP contribution in [0.1, 0.15) is 0 Å². The predicted molar refractivity (Wildman–Crippen MR) is 182 cm³/mol. The van der Waals surface area contributed by atoms with Gasteiger partial charge >= 0.3 is 6.61 Å². The highest BCUT2D eigenvalue weighted by atomic mass is 19.3. The highest BCUT2D eigenvalue weighted by molar-refractivity contribution is 6.11. The number of ether oxygens (including phenoxy) is 3. The Hall–Kier alpha value is -6.84. The molecule has 258 valence electrons. The summed E-state index contributed by atoms with van der Waals surface area (Å²) in [6.45, 7) is -5.83. The number of fused-ring (bicyclic) bond motifs is 20. The molecule has 0 fully saturated rings. The number of H-pyrrole nitrogens is 1. The molecule has 0 unspecified atom stereocenters. The SMILES string of the molecule is COc1c(OCF)c(OC(F)F)cc2c3nc4nc(nc5c6ccccc6c(nc6nc(nc([nH]3)c12)-c1ccccc1-6)n5OCF)-c1ccccc1-4. The van der Waals surface area contributed by atoms with Crippen LogP contribution in [-0.4, -0.2) is 67.1 Å². The summed E-state index contributed by atoms with van der Waals surface area (Å²) >= 11 is 0. The van der Waals surface area contributed by atoms with Crippen molar-refractivity contribution in [1.29, 1.82) is 0 Å². The first kappa shape index (κ1) is 31.2. The topological polar surface area (TPSA) is 135 Å². The van der Waals surface area contributed by atoms with Crippen molar-refractivity contribution in [2.24, 2.45) is 0 Å². The highest BCUT2D eigenvalue weighted by Crippen LogP contribution is 2.47. The van der Waals surface area contributed by atoms with Gasteiger partial charge in [-0.1, -0.05) is 72.8 Å². The fourth-order valence-corrected chi connectivity index (χ4v) is 6.54. The third-order valence-electron chi connectivity index (χ3n) is 8.62. The number of hydrogen-bond donors (Lipinski definition) is 1. The van der Waals surface area contributed by atoms with Crippen molar-refractivity contribution in [1.82, 2.24) is 39.6 Å². The van der Waals surface area contributed by atoms with Crippen molar-refractivity contribution in [3.8, 4) is 62.8 Å². The summed E-state index contributed by atoms with van der Waals surface area (Å²) in [5.41, 5.74) is 3.09. The number of nitrogens with zero attached hydrogens (tertiary/aromatic N) is 7. The van der Waals surface area contributed by atoms with E-state index in [1.54, 1.807) is 36.4 Å². The maximum Gasteiger partial charge on any atom is 0.387 e. The lowest BCUT2D eigenvalue weighted by molar-refractivity contribution is -0.0520. The minimum Gasteiger partial charge on any atom is -0.492 e. The number of methoxy groups -OCH3 is 1. The summed E-state index contributed by atoms with van der Waals surface area (Å²) in [6, 6.07) is 22.9. The molecular formula is C36H22F4N8O4. The van der Waals surface area contributed by atoms with E-state index >= 15 is 0 Å². The third kappa shape index (κ3) is 4.82. The van der Waals surface area contributed by atoms with Crippen LogP contribution >= 0.6 is 0 Å². The van der Waals surface area contributed by atoms with Gasteiger partial charge in [0.25, 0.3) is 6.86 Å². The average molecular weight is 707 g/mol. The molecule has 0 radical (unpaired) electrons. The fourth-order valence-electron chi connectivity index (χ4n) is 6.54. The van der Waals surface area contributed by atoms with Gasteiger partial charge in [-0.25, -0.2) is 38.7 Å². The van der Waals surface area contributed by atoms with Gasteiger partial charge < -0.3 is 24.0 Å². The quantitative estimate of drug-likeness (QED) is 0.165. The van der Waals surface area contributed by atoms with E-state index in [1.807, 2.05) is 36.4 Å². The molecule has 5 heterocycles. The van der Waals surface area contributed by atoms with Gasteiger partial charge in [-0.15, -0.1) is 4.73 Å². The van der Waals surface area contributed by atoms with E-state index in [1.165, 1.54) is 17.9 Å². The van der Waals surface area contributed by atoms with Crippen molar-refractivity contribution >= 4 is 44.1 Å². The van der Waals surface area contributed by atoms with Crippen LogP contribution in [0, 0.1) is 0 Å². The van der Waals surface area contributed by atoms with Crippen LogP contribution in [0.2, 0.25) is 0 Å². The van der Waals surface area contributed by atoms with Crippen molar-refractivity contribution in [2.75, 3.05) is 20.8 Å². The molecule has 8 bridgehead atoms. The summed E-state index contributed by atoms with van der Waals surface area (Å²) < 4.78 is 71.8. The van der Waals surface area contributed by atoms with E-state index < -0.39 is 31.8 Å². The van der Waals surface area contributed by atoms with Gasteiger partial charge in [0.15, 0.2) is 46.1 Å². The zero-order chi connectivity index (χ0) is 35.5. The molecule has 7 aromatic rings. The number of alkyl halides is 4. The molecular weight excluding hydrogens is 684 g/mol. The van der Waals surface area contributed by atoms with Gasteiger partial charge in [0.2, 0.25) is 12.6 Å². The van der Waals surface area contributed by atoms with Crippen molar-refractivity contribution in [3.63, 3.8) is 0 Å². The van der Waals surface area contributed by atoms with Gasteiger partial charge in [0.1, 0.15) is 11.3 Å². The molecule has 0 spiro atoms. The number of aromatic amines is 1. The lowest BCUT2D eigenvalue weighted by atomic mass is 10.1. The van der Waals surface area contributed by atoms with Crippen LogP contribution in [-0.2, 0) is 0 Å². The van der Waals surface area contributed by atoms with Crippen molar-refractivity contribution < 1.29 is 36.6 Å². The molecule has 9 rings (SSSR count). The van der Waals surface area contributed by atoms with Crippen LogP contribution in [0.15, 0.2) is 78.9 Å². The molecule has 0 amide bonds. The van der Waals surface area contributed by atoms with Crippen molar-refractivity contribution in [3.05, 3.63) is 78.9 Å². The Morgan fingerprint density at radius 1 is 0.635 bits per heavy atom. The maximum absolute atomic E-state index is 14.1. The summed E-state index contributed by atoms with van der Waals surface area (Å²) in [5.74, 6) is -0.160. The monoisotopic (exact) mass is 706 g/mol. The molecule has 0 aliphatic carbocycles. The molecule has 16 heteroatoms. The largest absolute Gasteiger partial charge is 0.492 e. The number of aromatic nitrogens is 8. The van der Waals surface area contributed by atoms with Crippen LogP contribution in [0.3, 0.4) is 0 Å². The lowest BCUT2D eigenvalue weighted by Crippen LogP contribution is -2.10. The van der Waals surface area contributed by atoms with E-state index in [9.17, 15) is 17.6 Å². The Labute approximate surface area is 289 Å². The van der Waals surface area contributed by atoms with Crippen LogP contribution in [0.4, 0.5) is 17.6 Å². The van der Waals surface area contributed by atoms with Crippen molar-refractivity contribution in [2.45, 2.75) is 6.61 Å². The number of rotatable bonds is 7. The first-order chi connectivity index (χ1) is 25.5. The molecule has 1 N–H and O–H groups in total. The van der Waals surface area contributed by atoms with E-state index in [-0.39, 0.29) is 62.4 Å². The Kier molecular flexibility index (Phi) is 7.30. The van der Waals surface area contributed by atoms with E-state index in [0.29, 0.717) is 33.0 Å². The molecule has 0 saturated heterocycles. The van der Waals surface area contributed by atoms with Gasteiger partial charge in [0, 0.05) is 38.4 Å². The minimum atomic E-state index is -3.27. The van der Waals surface area contributed by atoms with Gasteiger partial charge in [-0.2, -0.15) is 8.78 Å². The standard InChI is InChI=1S/C36H22F4N8O4/c1-49-27-25-23(14-24(52-36(39)40)26(27)50-15-37)32-43-28-17-8-2-4-10-19(17)30(41-28)46-34-21-12-6-7-13-22(21)35(48(34)51-16-38)47-31-20-11-5-3-9-18(20)29(42-31)44-33(25)45-32/h2-14,36H,15-16H2,1H3,(H,41,42,43,44,45,46,47). The molecule has 0 saturated carbocycles. The number of benzene rings is 4. The van der Waals surface area contributed by atoms with E-state index in [0.717, 1.165) is 0 Å². The third-order valence-corrected chi connectivity index (χ3v) is 8.62. The predicted octanol–water partition coefficient (Wildman–Crippen LogP) is 7.61. The summed E-state index contributed by atoms with van der Waals surface area (Å²) in [7, 11) is 1.27. The number of halogens is 4. The van der Waals surface area contributed by atoms with E-state index in [2.05, 4.69) is 4.98 Å². The minimum absolute atomic E-state index is 0.123. The summed E-state index contributed by atoms with van der Waals surface area (Å²) in [6.07, 6.45) is 0. The molecule has 52 heavy (non-hydrogen) atoms. The lowest BCUT2D eigenvalue weighted by Gasteiger charge is -2.14. The Bertz CT molecular complexity index is 2750. The van der Waals surface area contributed by atoms with Crippen LogP contribution < -0.4 is 19.0 Å². The summed E-state index contributed by atoms with van der Waals surface area (Å²) in [4.78, 5) is 37.7. The van der Waals surface area contributed by atoms with Crippen LogP contribution in [0.25, 0.3) is 89.7 Å². The van der Waals surface area contributed by atoms with Gasteiger partial charge in [-0.3, -0.25) is 0 Å². The number of hydrogen-bond acceptors (Lipinski definition) is 10. The second-order valence-corrected chi connectivity index (χ2v) is 11.4. The fraction of sp³-hybridized carbons (Fsp3) is 0.111. The molecule has 3 aromatic heterocycles. The molecule has 12 nitrogen and oxygen atoms in total. The Morgan fingerprint density at radius 2 is 1.15 bits per heavy atom. The first-order valence-electron chi connectivity index (χ1n) is 15.7. The first-order valence-corrected chi connectivity index (χ1v) is 15.7. The molecule has 2 aliphatic heterocycles. The maximum atomic E-state index is 14.1. The molecule has 4 aromatic carbocycles. The smallest absolute Gasteiger partial charge is 0.387 e. The zero-order valence-corrected chi connectivity index (χ0v) is 26.8. The van der Waals surface area contributed by atoms with Gasteiger partial charge in [-0.05, 0) is 6.07 Å². The molecule has 2 aliphatic rings. The second-order valence-electron chi connectivity index (χ2n) is 11.4. The summed E-state index contributed by atoms with van der Waals surface area (Å²) in [5, 5.41) is 1.64. The van der Waals surface area contributed by atoms with E-state index in [4.69, 9.17) is 49.0 Å². The second kappa shape index (κ2) is 12.2.